The highest BCUT2D eigenvalue weighted by Crippen LogP contribution is 2.44. The van der Waals surface area contributed by atoms with Gasteiger partial charge in [0.15, 0.2) is 5.84 Å². The Bertz CT molecular complexity index is 885. The molecular weight excluding hydrogens is 400 g/mol. The summed E-state index contributed by atoms with van der Waals surface area (Å²) in [7, 11) is 0. The van der Waals surface area contributed by atoms with Gasteiger partial charge in [-0.05, 0) is 13.0 Å². The number of amides is 2. The number of rotatable bonds is 1. The Labute approximate surface area is 153 Å². The van der Waals surface area contributed by atoms with E-state index >= 15 is 0 Å². The quantitative estimate of drug-likeness (QED) is 0.670. The molecule has 144 valence electrons. The summed E-state index contributed by atoms with van der Waals surface area (Å²) in [5, 5.41) is 0.938. The third kappa shape index (κ3) is 3.18. The van der Waals surface area contributed by atoms with Gasteiger partial charge < -0.3 is 5.32 Å². The van der Waals surface area contributed by atoms with Gasteiger partial charge in [0.2, 0.25) is 0 Å². The van der Waals surface area contributed by atoms with Crippen molar-refractivity contribution in [1.82, 2.24) is 10.2 Å². The van der Waals surface area contributed by atoms with Crippen molar-refractivity contribution in [3.8, 4) is 0 Å². The van der Waals surface area contributed by atoms with Crippen LogP contribution in [0.1, 0.15) is 11.1 Å². The fourth-order valence-electron chi connectivity index (χ4n) is 2.60. The first-order valence-electron chi connectivity index (χ1n) is 7.37. The number of nitrogens with one attached hydrogen (secondary N) is 1. The van der Waals surface area contributed by atoms with E-state index in [0.29, 0.717) is 22.7 Å². The molecule has 1 aromatic carbocycles. The number of hydrogen-bond acceptors (Lipinski definition) is 2. The molecule has 0 aliphatic carbocycles. The van der Waals surface area contributed by atoms with Crippen LogP contribution in [0.15, 0.2) is 52.1 Å². The smallest absolute Gasteiger partial charge is 0.301 e. The van der Waals surface area contributed by atoms with Crippen LogP contribution in [0.5, 0.6) is 0 Å². The molecule has 0 saturated carbocycles. The summed E-state index contributed by atoms with van der Waals surface area (Å²) >= 11 is 5.75. The van der Waals surface area contributed by atoms with Gasteiger partial charge in [0.05, 0.1) is 10.6 Å². The molecule has 1 atom stereocenters. The maximum absolute atomic E-state index is 13.9. The van der Waals surface area contributed by atoms with Crippen molar-refractivity contribution in [2.75, 3.05) is 0 Å². The van der Waals surface area contributed by atoms with Crippen molar-refractivity contribution in [2.24, 2.45) is 4.99 Å². The maximum atomic E-state index is 13.9. The van der Waals surface area contributed by atoms with Crippen molar-refractivity contribution >= 4 is 23.5 Å². The van der Waals surface area contributed by atoms with Crippen LogP contribution in [0.3, 0.4) is 0 Å². The van der Waals surface area contributed by atoms with Crippen molar-refractivity contribution in [1.29, 1.82) is 0 Å². The first-order chi connectivity index (χ1) is 12.3. The van der Waals surface area contributed by atoms with Gasteiger partial charge in [-0.1, -0.05) is 41.4 Å². The molecule has 4 nitrogen and oxygen atoms in total. The number of benzene rings is 1. The third-order valence-electron chi connectivity index (χ3n) is 3.98. The summed E-state index contributed by atoms with van der Waals surface area (Å²) in [5.74, 6) is -0.730. The van der Waals surface area contributed by atoms with E-state index < -0.39 is 46.1 Å². The number of urea groups is 1. The normalized spacial score (nSPS) is 23.2. The molecule has 27 heavy (non-hydrogen) atoms. The average Bonchev–Trinajstić information content (AvgIpc) is 2.54. The van der Waals surface area contributed by atoms with Gasteiger partial charge in [-0.25, -0.2) is 9.79 Å². The van der Waals surface area contributed by atoms with E-state index in [1.54, 1.807) is 12.2 Å². The molecule has 3 rings (SSSR count). The van der Waals surface area contributed by atoms with Gasteiger partial charge in [0.25, 0.3) is 5.66 Å². The highest BCUT2D eigenvalue weighted by molar-refractivity contribution is 6.44. The zero-order valence-corrected chi connectivity index (χ0v) is 14.2. The fourth-order valence-corrected chi connectivity index (χ4v) is 2.85. The van der Waals surface area contributed by atoms with E-state index in [-0.39, 0.29) is 0 Å². The average molecular weight is 410 g/mol. The number of carbonyl (C=O) groups is 1. The summed E-state index contributed by atoms with van der Waals surface area (Å²) in [6, 6.07) is 3.59. The van der Waals surface area contributed by atoms with E-state index in [1.807, 2.05) is 0 Å². The molecule has 0 bridgehead atoms. The zero-order chi connectivity index (χ0) is 20.2. The number of aliphatic imine (C=N–C) groups is 1. The van der Waals surface area contributed by atoms with Crippen molar-refractivity contribution in [2.45, 2.75) is 24.9 Å². The molecule has 2 aliphatic rings. The zero-order valence-electron chi connectivity index (χ0n) is 13.4. The molecule has 2 heterocycles. The van der Waals surface area contributed by atoms with Crippen LogP contribution >= 0.6 is 11.6 Å². The monoisotopic (exact) mass is 409 g/mol. The Kier molecular flexibility index (Phi) is 4.29. The Morgan fingerprint density at radius 2 is 1.70 bits per heavy atom. The lowest BCUT2D eigenvalue weighted by Gasteiger charge is -2.41. The van der Waals surface area contributed by atoms with Crippen molar-refractivity contribution in [3.63, 3.8) is 0 Å². The molecule has 0 saturated heterocycles. The number of amidine groups is 1. The Morgan fingerprint density at radius 3 is 2.22 bits per heavy atom. The van der Waals surface area contributed by atoms with E-state index in [9.17, 15) is 31.1 Å². The fraction of sp³-hybridized carbons (Fsp3) is 0.250. The van der Waals surface area contributed by atoms with Crippen LogP contribution in [-0.2, 0) is 5.66 Å². The van der Waals surface area contributed by atoms with Crippen LogP contribution < -0.4 is 5.32 Å². The highest BCUT2D eigenvalue weighted by atomic mass is 35.5. The van der Waals surface area contributed by atoms with Crippen molar-refractivity contribution < 1.29 is 31.1 Å². The molecule has 0 fully saturated rings. The second-order valence-electron chi connectivity index (χ2n) is 5.88. The molecule has 2 aliphatic heterocycles. The predicted octanol–water partition coefficient (Wildman–Crippen LogP) is 4.72. The molecule has 2 amide bonds. The lowest BCUT2D eigenvalue weighted by molar-refractivity contribution is -0.196. The number of nitrogens with zero attached hydrogens (tertiary/aromatic N) is 2. The summed E-state index contributed by atoms with van der Waals surface area (Å²) in [6.07, 6.45) is -9.16. The minimum Gasteiger partial charge on any atom is -0.301 e. The van der Waals surface area contributed by atoms with E-state index in [4.69, 9.17) is 11.6 Å². The number of aryl methyl sites for hydroxylation is 1. The van der Waals surface area contributed by atoms with Crippen molar-refractivity contribution in [3.05, 3.63) is 58.3 Å². The standard InChI is InChI=1S/C16H10ClF6N3O/c1-8-2-4-9(5-3-8)14(16(21,22)23)24-12-11(17)6-10(15(18,19)20)7-26(12)13(27)25-14/h2-7H,1H3,(H,25,27)/t14-/m1/s1. The van der Waals surface area contributed by atoms with Crippen LogP contribution in [0.4, 0.5) is 31.1 Å². The number of halogens is 7. The molecular formula is C16H10ClF6N3O. The molecule has 0 radical (unpaired) electrons. The lowest BCUT2D eigenvalue weighted by Crippen LogP contribution is -2.62. The van der Waals surface area contributed by atoms with Gasteiger partial charge in [-0.3, -0.25) is 4.90 Å². The summed E-state index contributed by atoms with van der Waals surface area (Å²) in [5.41, 5.74) is -4.21. The van der Waals surface area contributed by atoms with Gasteiger partial charge in [0, 0.05) is 11.8 Å². The molecule has 0 spiro atoms. The first-order valence-corrected chi connectivity index (χ1v) is 7.74. The van der Waals surface area contributed by atoms with E-state index in [1.165, 1.54) is 12.1 Å². The van der Waals surface area contributed by atoms with Crippen LogP contribution in [-0.4, -0.2) is 29.1 Å². The summed E-state index contributed by atoms with van der Waals surface area (Å²) in [6.45, 7) is 1.65. The number of carbonyl (C=O) groups excluding carboxylic acids is 1. The lowest BCUT2D eigenvalue weighted by atomic mass is 9.96. The van der Waals surface area contributed by atoms with E-state index in [2.05, 4.69) is 4.99 Å². The second kappa shape index (κ2) is 6.01. The topological polar surface area (TPSA) is 44.7 Å². The number of allylic oxidation sites excluding steroid dienone is 2. The molecule has 0 unspecified atom stereocenters. The van der Waals surface area contributed by atoms with Crippen LogP contribution in [0.2, 0.25) is 0 Å². The minimum atomic E-state index is -5.08. The Balaban J connectivity index is 2.20. The minimum absolute atomic E-state index is 0.309. The maximum Gasteiger partial charge on any atom is 0.436 e. The Hall–Kier alpha value is -2.49. The molecule has 1 aromatic rings. The second-order valence-corrected chi connectivity index (χ2v) is 6.29. The summed E-state index contributed by atoms with van der Waals surface area (Å²) < 4.78 is 80.4. The van der Waals surface area contributed by atoms with Gasteiger partial charge in [0.1, 0.15) is 0 Å². The van der Waals surface area contributed by atoms with Crippen LogP contribution in [0.25, 0.3) is 0 Å². The summed E-state index contributed by atoms with van der Waals surface area (Å²) in [4.78, 5) is 16.1. The predicted molar refractivity (Wildman–Crippen MR) is 84.8 cm³/mol. The molecule has 11 heteroatoms. The number of fused-ring (bicyclic) bond motifs is 1. The largest absolute Gasteiger partial charge is 0.436 e. The first kappa shape index (κ1) is 19.3. The molecule has 0 aromatic heterocycles. The number of alkyl halides is 6. The number of hydrogen-bond donors (Lipinski definition) is 1. The van der Waals surface area contributed by atoms with Gasteiger partial charge in [-0.15, -0.1) is 0 Å². The van der Waals surface area contributed by atoms with Gasteiger partial charge in [-0.2, -0.15) is 26.3 Å². The van der Waals surface area contributed by atoms with E-state index in [0.717, 1.165) is 12.1 Å². The van der Waals surface area contributed by atoms with Gasteiger partial charge >= 0.3 is 18.4 Å². The van der Waals surface area contributed by atoms with Crippen LogP contribution in [0, 0.1) is 6.92 Å². The molecule has 1 N–H and O–H groups in total. The SMILES string of the molecule is Cc1ccc([C@@]2(C(F)(F)F)N=C3C(Cl)=CC(C(F)(F)F)=CN3C(=O)N2)cc1. The Morgan fingerprint density at radius 1 is 1.11 bits per heavy atom. The third-order valence-corrected chi connectivity index (χ3v) is 4.26. The highest BCUT2D eigenvalue weighted by Gasteiger charge is 2.61.